The molecule has 26 heavy (non-hydrogen) atoms. The van der Waals surface area contributed by atoms with Crippen LogP contribution in [0.5, 0.6) is 0 Å². The van der Waals surface area contributed by atoms with E-state index in [4.69, 9.17) is 10.7 Å². The molecule has 132 valence electrons. The zero-order valence-corrected chi connectivity index (χ0v) is 16.2. The van der Waals surface area contributed by atoms with Gasteiger partial charge in [0.2, 0.25) is 0 Å². The number of rotatable bonds is 0. The Hall–Kier alpha value is -1.68. The highest BCUT2D eigenvalue weighted by Crippen LogP contribution is 2.61. The Labute approximate surface area is 161 Å². The van der Waals surface area contributed by atoms with E-state index in [1.54, 1.807) is 11.8 Å². The summed E-state index contributed by atoms with van der Waals surface area (Å²) in [7, 11) is 2.20. The molecule has 0 saturated heterocycles. The van der Waals surface area contributed by atoms with E-state index in [1.807, 2.05) is 0 Å². The number of nitrogens with zero attached hydrogens (tertiary/aromatic N) is 1. The molecule has 1 aliphatic heterocycles. The normalized spacial score (nSPS) is 26.2. The van der Waals surface area contributed by atoms with Gasteiger partial charge in [-0.25, -0.2) is 0 Å². The predicted octanol–water partition coefficient (Wildman–Crippen LogP) is 2.71. The minimum atomic E-state index is -0.119. The highest BCUT2D eigenvalue weighted by molar-refractivity contribution is 8.13. The van der Waals surface area contributed by atoms with Gasteiger partial charge in [0.25, 0.3) is 0 Å². The molecule has 2 N–H and O–H groups in total. The molecule has 2 aromatic rings. The number of aliphatic imine (C=N–C) groups is 1. The van der Waals surface area contributed by atoms with Crippen LogP contribution < -0.4 is 11.2 Å². The lowest BCUT2D eigenvalue weighted by molar-refractivity contribution is 0.114. The molecular formula is C22H25BN2S. The van der Waals surface area contributed by atoms with Gasteiger partial charge in [-0.05, 0) is 60.8 Å². The first-order valence-corrected chi connectivity index (χ1v) is 10.8. The number of aryl methyl sites for hydroxylation is 2. The summed E-state index contributed by atoms with van der Waals surface area (Å²) >= 11 is 1.73. The van der Waals surface area contributed by atoms with Gasteiger partial charge in [0.15, 0.2) is 5.17 Å². The number of amidine groups is 1. The minimum Gasteiger partial charge on any atom is -0.379 e. The van der Waals surface area contributed by atoms with Gasteiger partial charge in [0.05, 0.1) is 5.54 Å². The van der Waals surface area contributed by atoms with Gasteiger partial charge in [0, 0.05) is 11.2 Å². The minimum absolute atomic E-state index is 0.119. The molecular weight excluding hydrogens is 335 g/mol. The molecule has 2 spiro atoms. The second kappa shape index (κ2) is 5.92. The van der Waals surface area contributed by atoms with Gasteiger partial charge in [0.1, 0.15) is 7.85 Å². The maximum Gasteiger partial charge on any atom is 0.154 e. The van der Waals surface area contributed by atoms with Gasteiger partial charge in [-0.1, -0.05) is 59.7 Å². The van der Waals surface area contributed by atoms with E-state index in [2.05, 4.69) is 50.3 Å². The highest BCUT2D eigenvalue weighted by atomic mass is 32.2. The molecule has 0 fully saturated rings. The van der Waals surface area contributed by atoms with E-state index < -0.39 is 0 Å². The molecule has 0 radical (unpaired) electrons. The van der Waals surface area contributed by atoms with Crippen LogP contribution in [0.4, 0.5) is 0 Å². The van der Waals surface area contributed by atoms with Gasteiger partial charge in [-0.15, -0.1) is 0 Å². The first-order valence-electron chi connectivity index (χ1n) is 9.77. The lowest BCUT2D eigenvalue weighted by Gasteiger charge is -2.46. The van der Waals surface area contributed by atoms with E-state index >= 15 is 0 Å². The van der Waals surface area contributed by atoms with Crippen LogP contribution in [0.1, 0.15) is 41.5 Å². The number of benzene rings is 2. The van der Waals surface area contributed by atoms with Crippen LogP contribution in [0.2, 0.25) is 0 Å². The zero-order chi connectivity index (χ0) is 17.8. The molecule has 2 nitrogen and oxygen atoms in total. The van der Waals surface area contributed by atoms with Crippen molar-refractivity contribution in [1.82, 2.24) is 0 Å². The van der Waals surface area contributed by atoms with E-state index in [0.717, 1.165) is 36.6 Å². The van der Waals surface area contributed by atoms with Crippen LogP contribution in [0.3, 0.4) is 0 Å². The molecule has 0 aromatic heterocycles. The molecule has 4 heteroatoms. The van der Waals surface area contributed by atoms with Crippen molar-refractivity contribution in [3.8, 4) is 0 Å². The Bertz CT molecular complexity index is 880. The SMILES string of the molecule is Bc1ccc2c(c1)C1(CCSC(N)=N1)C1(CCc3ccccc3CC1)C2. The van der Waals surface area contributed by atoms with Crippen LogP contribution >= 0.6 is 11.8 Å². The van der Waals surface area contributed by atoms with Crippen LogP contribution in [0, 0.1) is 5.41 Å². The van der Waals surface area contributed by atoms with Crippen molar-refractivity contribution in [2.24, 2.45) is 16.1 Å². The monoisotopic (exact) mass is 360 g/mol. The van der Waals surface area contributed by atoms with Crippen LogP contribution in [0.15, 0.2) is 47.5 Å². The fraction of sp³-hybridized carbons (Fsp3) is 0.409. The van der Waals surface area contributed by atoms with E-state index in [-0.39, 0.29) is 11.0 Å². The molecule has 1 heterocycles. The summed E-state index contributed by atoms with van der Waals surface area (Å²) in [6, 6.07) is 16.0. The van der Waals surface area contributed by atoms with E-state index in [1.165, 1.54) is 40.6 Å². The fourth-order valence-corrected chi connectivity index (χ4v) is 6.52. The largest absolute Gasteiger partial charge is 0.379 e. The third-order valence-corrected chi connectivity index (χ3v) is 7.79. The molecule has 3 aliphatic rings. The third-order valence-electron chi connectivity index (χ3n) is 7.00. The summed E-state index contributed by atoms with van der Waals surface area (Å²) in [6.45, 7) is 0. The van der Waals surface area contributed by atoms with Gasteiger partial charge in [-0.3, -0.25) is 4.99 Å². The van der Waals surface area contributed by atoms with E-state index in [0.29, 0.717) is 0 Å². The summed E-state index contributed by atoms with van der Waals surface area (Å²) in [5, 5.41) is 0.784. The molecule has 1 unspecified atom stereocenters. The maximum absolute atomic E-state index is 6.31. The lowest BCUT2D eigenvalue weighted by atomic mass is 9.64. The predicted molar refractivity (Wildman–Crippen MR) is 114 cm³/mol. The summed E-state index contributed by atoms with van der Waals surface area (Å²) < 4.78 is 0. The van der Waals surface area contributed by atoms with Crippen LogP contribution in [-0.2, 0) is 24.8 Å². The van der Waals surface area contributed by atoms with Gasteiger partial charge >= 0.3 is 0 Å². The number of fused-ring (bicyclic) bond motifs is 4. The van der Waals surface area contributed by atoms with Crippen molar-refractivity contribution < 1.29 is 0 Å². The first kappa shape index (κ1) is 16.5. The van der Waals surface area contributed by atoms with Crippen molar-refractivity contribution >= 4 is 30.2 Å². The summed E-state index contributed by atoms with van der Waals surface area (Å²) in [5.41, 5.74) is 13.8. The molecule has 0 amide bonds. The highest BCUT2D eigenvalue weighted by Gasteiger charge is 2.58. The zero-order valence-electron chi connectivity index (χ0n) is 15.4. The molecule has 5 rings (SSSR count). The van der Waals surface area contributed by atoms with E-state index in [9.17, 15) is 0 Å². The second-order valence-corrected chi connectivity index (χ2v) is 9.41. The quantitative estimate of drug-likeness (QED) is 0.734. The molecule has 2 aliphatic carbocycles. The number of thioether (sulfide) groups is 1. The van der Waals surface area contributed by atoms with Crippen molar-refractivity contribution in [1.29, 1.82) is 0 Å². The Morgan fingerprint density at radius 2 is 1.69 bits per heavy atom. The van der Waals surface area contributed by atoms with Crippen molar-refractivity contribution in [2.45, 2.75) is 44.1 Å². The molecule has 0 bridgehead atoms. The van der Waals surface area contributed by atoms with Crippen molar-refractivity contribution in [2.75, 3.05) is 5.75 Å². The average molecular weight is 360 g/mol. The third kappa shape index (κ3) is 2.31. The lowest BCUT2D eigenvalue weighted by Crippen LogP contribution is -2.45. The molecule has 0 saturated carbocycles. The molecule has 2 aromatic carbocycles. The Balaban J connectivity index is 1.66. The van der Waals surface area contributed by atoms with Gasteiger partial charge in [-0.2, -0.15) is 0 Å². The number of hydrogen-bond donors (Lipinski definition) is 1. The number of hydrogen-bond acceptors (Lipinski definition) is 3. The smallest absolute Gasteiger partial charge is 0.154 e. The average Bonchev–Trinajstić information content (AvgIpc) is 2.78. The topological polar surface area (TPSA) is 38.4 Å². The summed E-state index contributed by atoms with van der Waals surface area (Å²) in [5.74, 6) is 1.08. The summed E-state index contributed by atoms with van der Waals surface area (Å²) in [4.78, 5) is 5.23. The number of nitrogens with two attached hydrogens (primary N) is 1. The first-order chi connectivity index (χ1) is 12.6. The van der Waals surface area contributed by atoms with Crippen LogP contribution in [-0.4, -0.2) is 18.8 Å². The Kier molecular flexibility index (Phi) is 3.75. The molecule has 1 atom stereocenters. The van der Waals surface area contributed by atoms with Crippen LogP contribution in [0.25, 0.3) is 0 Å². The van der Waals surface area contributed by atoms with Gasteiger partial charge < -0.3 is 5.73 Å². The summed E-state index contributed by atoms with van der Waals surface area (Å²) in [6.07, 6.45) is 7.00. The Morgan fingerprint density at radius 1 is 0.962 bits per heavy atom. The maximum atomic E-state index is 6.31. The standard InChI is InChI=1S/C22H25BN2S/c23-18-6-5-17-14-21(9-7-15-3-1-2-4-16(15)8-10-21)22(19(17)13-18)11-12-26-20(24)25-22/h1-6,13H,7-12,14,23H2,(H2,24,25). The van der Waals surface area contributed by atoms with Crippen molar-refractivity contribution in [3.05, 3.63) is 64.7 Å². The fourth-order valence-electron chi connectivity index (χ4n) is 5.69. The second-order valence-electron chi connectivity index (χ2n) is 8.30. The van der Waals surface area contributed by atoms with Crippen molar-refractivity contribution in [3.63, 3.8) is 0 Å². The Morgan fingerprint density at radius 3 is 2.38 bits per heavy atom.